The van der Waals surface area contributed by atoms with E-state index in [2.05, 4.69) is 20.6 Å². The molecule has 0 bridgehead atoms. The van der Waals surface area contributed by atoms with E-state index in [4.69, 9.17) is 0 Å². The Hall–Kier alpha value is -0.470. The molecule has 3 rings (SSSR count). The van der Waals surface area contributed by atoms with E-state index >= 15 is 0 Å². The van der Waals surface area contributed by atoms with Crippen LogP contribution in [0, 0.1) is 5.92 Å². The third-order valence-corrected chi connectivity index (χ3v) is 5.48. The number of rotatable bonds is 5. The van der Waals surface area contributed by atoms with Crippen LogP contribution in [-0.4, -0.2) is 71.4 Å². The van der Waals surface area contributed by atoms with Gasteiger partial charge in [-0.05, 0) is 5.56 Å². The Bertz CT molecular complexity index is 510. The number of carbonyl (C=O) groups is 1. The monoisotopic (exact) mass is 395 g/mol. The molecule has 24 heavy (non-hydrogen) atoms. The van der Waals surface area contributed by atoms with Gasteiger partial charge in [0.25, 0.3) is 0 Å². The van der Waals surface area contributed by atoms with Gasteiger partial charge in [0.05, 0.1) is 12.1 Å². The van der Waals surface area contributed by atoms with Gasteiger partial charge < -0.3 is 10.6 Å². The Kier molecular flexibility index (Phi) is 9.44. The van der Waals surface area contributed by atoms with Crippen molar-refractivity contribution in [3.05, 3.63) is 18.0 Å². The minimum Gasteiger partial charge on any atom is -0.355 e. The van der Waals surface area contributed by atoms with Crippen molar-refractivity contribution in [2.45, 2.75) is 5.92 Å². The number of amides is 1. The molecule has 2 aliphatic rings. The number of aryl methyl sites for hydroxylation is 1. The first-order valence-corrected chi connectivity index (χ1v) is 9.16. The number of halogens is 2. The molecule has 2 saturated heterocycles. The van der Waals surface area contributed by atoms with Gasteiger partial charge in [-0.25, -0.2) is 0 Å². The highest BCUT2D eigenvalue weighted by atomic mass is 35.5. The molecule has 2 N–H and O–H groups in total. The zero-order chi connectivity index (χ0) is 15.4. The molecule has 0 radical (unpaired) electrons. The van der Waals surface area contributed by atoms with E-state index in [-0.39, 0.29) is 42.6 Å². The number of nitrogens with zero attached hydrogens (tertiary/aromatic N) is 3. The molecule has 2 fully saturated rings. The number of aromatic nitrogens is 2. The van der Waals surface area contributed by atoms with Crippen molar-refractivity contribution in [2.75, 3.05) is 50.8 Å². The number of nitrogens with one attached hydrogen (secondary N) is 2. The van der Waals surface area contributed by atoms with Gasteiger partial charge in [0, 0.05) is 69.9 Å². The fourth-order valence-corrected chi connectivity index (χ4v) is 4.21. The predicted molar refractivity (Wildman–Crippen MR) is 104 cm³/mol. The van der Waals surface area contributed by atoms with E-state index in [1.807, 2.05) is 31.2 Å². The zero-order valence-corrected chi connectivity index (χ0v) is 16.4. The lowest BCUT2D eigenvalue weighted by atomic mass is 9.90. The molecular formula is C15H27Cl2N5OS. The van der Waals surface area contributed by atoms with Gasteiger partial charge in [-0.3, -0.25) is 14.4 Å². The Morgan fingerprint density at radius 1 is 1.38 bits per heavy atom. The van der Waals surface area contributed by atoms with Crippen LogP contribution in [0.5, 0.6) is 0 Å². The summed E-state index contributed by atoms with van der Waals surface area (Å²) in [5.74, 6) is 2.85. The molecule has 6 nitrogen and oxygen atoms in total. The second-order valence-electron chi connectivity index (χ2n) is 6.06. The molecule has 2 atom stereocenters. The Morgan fingerprint density at radius 2 is 2.12 bits per heavy atom. The number of thioether (sulfide) groups is 1. The summed E-state index contributed by atoms with van der Waals surface area (Å²) in [7, 11) is 1.91. The molecule has 0 aliphatic carbocycles. The quantitative estimate of drug-likeness (QED) is 0.769. The van der Waals surface area contributed by atoms with Crippen molar-refractivity contribution < 1.29 is 4.79 Å². The van der Waals surface area contributed by atoms with Crippen LogP contribution in [0.25, 0.3) is 0 Å². The average molecular weight is 396 g/mol. The summed E-state index contributed by atoms with van der Waals surface area (Å²) >= 11 is 2.01. The smallest absolute Gasteiger partial charge is 0.225 e. The molecule has 3 heterocycles. The largest absolute Gasteiger partial charge is 0.355 e. The summed E-state index contributed by atoms with van der Waals surface area (Å²) in [6.45, 7) is 5.61. The molecule has 0 unspecified atom stereocenters. The van der Waals surface area contributed by atoms with Crippen LogP contribution in [0.4, 0.5) is 0 Å². The first-order chi connectivity index (χ1) is 10.7. The van der Waals surface area contributed by atoms with Gasteiger partial charge in [-0.1, -0.05) is 0 Å². The first-order valence-electron chi connectivity index (χ1n) is 8.01. The van der Waals surface area contributed by atoms with E-state index in [0.29, 0.717) is 0 Å². The molecule has 2 aliphatic heterocycles. The van der Waals surface area contributed by atoms with E-state index in [9.17, 15) is 4.79 Å². The van der Waals surface area contributed by atoms with Crippen LogP contribution >= 0.6 is 36.6 Å². The minimum atomic E-state index is 0. The van der Waals surface area contributed by atoms with Gasteiger partial charge in [0.1, 0.15) is 0 Å². The highest BCUT2D eigenvalue weighted by Crippen LogP contribution is 2.27. The lowest BCUT2D eigenvalue weighted by molar-refractivity contribution is -0.124. The minimum absolute atomic E-state index is 0. The van der Waals surface area contributed by atoms with Crippen LogP contribution in [-0.2, 0) is 11.8 Å². The van der Waals surface area contributed by atoms with Crippen molar-refractivity contribution >= 4 is 42.5 Å². The van der Waals surface area contributed by atoms with E-state index in [0.717, 1.165) is 44.8 Å². The zero-order valence-electron chi connectivity index (χ0n) is 13.9. The standard InChI is InChI=1S/C15H25N5OS.2ClH/c1-19-11-12(8-18-19)13-9-16-10-14(13)15(21)17-2-3-20-4-6-22-7-5-20;;/h8,11,13-14,16H,2-7,9-10H2,1H3,(H,17,21);2*1H/t13-,14+;;/m1../s1. The molecule has 1 aromatic heterocycles. The third-order valence-electron chi connectivity index (χ3n) is 4.53. The van der Waals surface area contributed by atoms with Crippen molar-refractivity contribution in [3.63, 3.8) is 0 Å². The average Bonchev–Trinajstić information content (AvgIpc) is 3.16. The highest BCUT2D eigenvalue weighted by molar-refractivity contribution is 7.99. The second-order valence-corrected chi connectivity index (χ2v) is 7.29. The van der Waals surface area contributed by atoms with E-state index in [1.165, 1.54) is 11.5 Å². The first kappa shape index (κ1) is 21.6. The predicted octanol–water partition coefficient (Wildman–Crippen LogP) is 0.732. The molecule has 138 valence electrons. The number of carbonyl (C=O) groups excluding carboxylic acids is 1. The number of hydrogen-bond acceptors (Lipinski definition) is 5. The van der Waals surface area contributed by atoms with Gasteiger partial charge in [0.15, 0.2) is 0 Å². The third kappa shape index (κ3) is 5.52. The Morgan fingerprint density at radius 3 is 2.79 bits per heavy atom. The highest BCUT2D eigenvalue weighted by Gasteiger charge is 2.34. The fraction of sp³-hybridized carbons (Fsp3) is 0.733. The van der Waals surface area contributed by atoms with Crippen molar-refractivity contribution in [2.24, 2.45) is 13.0 Å². The van der Waals surface area contributed by atoms with Gasteiger partial charge >= 0.3 is 0 Å². The maximum absolute atomic E-state index is 12.5. The summed E-state index contributed by atoms with van der Waals surface area (Å²) in [6.07, 6.45) is 3.90. The van der Waals surface area contributed by atoms with Crippen LogP contribution in [0.3, 0.4) is 0 Å². The summed E-state index contributed by atoms with van der Waals surface area (Å²) in [6, 6.07) is 0. The summed E-state index contributed by atoms with van der Waals surface area (Å²) in [5.41, 5.74) is 1.15. The van der Waals surface area contributed by atoms with Gasteiger partial charge in [-0.2, -0.15) is 16.9 Å². The van der Waals surface area contributed by atoms with Crippen LogP contribution in [0.15, 0.2) is 12.4 Å². The molecule has 0 aromatic carbocycles. The van der Waals surface area contributed by atoms with Crippen LogP contribution in [0.1, 0.15) is 11.5 Å². The maximum Gasteiger partial charge on any atom is 0.225 e. The molecular weight excluding hydrogens is 369 g/mol. The molecule has 0 saturated carbocycles. The summed E-state index contributed by atoms with van der Waals surface area (Å²) in [4.78, 5) is 14.9. The molecule has 0 spiro atoms. The van der Waals surface area contributed by atoms with Gasteiger partial charge in [-0.15, -0.1) is 24.8 Å². The topological polar surface area (TPSA) is 62.2 Å². The van der Waals surface area contributed by atoms with Crippen molar-refractivity contribution in [1.29, 1.82) is 0 Å². The Labute approximate surface area is 160 Å². The summed E-state index contributed by atoms with van der Waals surface area (Å²) < 4.78 is 1.80. The Balaban J connectivity index is 0.00000144. The fourth-order valence-electron chi connectivity index (χ4n) is 3.23. The number of hydrogen-bond donors (Lipinski definition) is 2. The molecule has 9 heteroatoms. The van der Waals surface area contributed by atoms with E-state index < -0.39 is 0 Å². The maximum atomic E-state index is 12.5. The van der Waals surface area contributed by atoms with Crippen molar-refractivity contribution in [3.8, 4) is 0 Å². The van der Waals surface area contributed by atoms with Crippen molar-refractivity contribution in [1.82, 2.24) is 25.3 Å². The molecule has 1 aromatic rings. The second kappa shape index (κ2) is 10.5. The van der Waals surface area contributed by atoms with Crippen LogP contribution < -0.4 is 10.6 Å². The summed E-state index contributed by atoms with van der Waals surface area (Å²) in [5, 5.41) is 10.7. The normalized spacial score (nSPS) is 24.0. The van der Waals surface area contributed by atoms with Crippen LogP contribution in [0.2, 0.25) is 0 Å². The lowest BCUT2D eigenvalue weighted by Gasteiger charge is -2.26. The lowest BCUT2D eigenvalue weighted by Crippen LogP contribution is -2.41. The SMILES string of the molecule is Cl.Cl.Cn1cc([C@H]2CNC[C@@H]2C(=O)NCCN2CCSCC2)cn1. The van der Waals surface area contributed by atoms with E-state index in [1.54, 1.807) is 4.68 Å². The van der Waals surface area contributed by atoms with Gasteiger partial charge in [0.2, 0.25) is 5.91 Å². The molecule has 1 amide bonds.